The number of morpholine rings is 1. The Morgan fingerprint density at radius 3 is 2.65 bits per heavy atom. The van der Waals surface area contributed by atoms with Crippen LogP contribution in [0.25, 0.3) is 0 Å². The minimum absolute atomic E-state index is 0.138. The number of rotatable bonds is 3. The summed E-state index contributed by atoms with van der Waals surface area (Å²) in [6, 6.07) is 4.20. The zero-order valence-electron chi connectivity index (χ0n) is 10.8. The molecule has 0 aromatic heterocycles. The lowest BCUT2D eigenvalue weighted by Gasteiger charge is -2.27. The normalized spacial score (nSPS) is 24.4. The summed E-state index contributed by atoms with van der Waals surface area (Å²) in [5, 5.41) is 2.52. The van der Waals surface area contributed by atoms with E-state index < -0.39 is 20.9 Å². The highest BCUT2D eigenvalue weighted by atomic mass is 32.2. The third-order valence-electron chi connectivity index (χ3n) is 3.61. The Morgan fingerprint density at radius 2 is 2.10 bits per heavy atom. The fourth-order valence-electron chi connectivity index (χ4n) is 2.30. The van der Waals surface area contributed by atoms with Crippen molar-refractivity contribution in [3.05, 3.63) is 29.6 Å². The molecule has 20 heavy (non-hydrogen) atoms. The van der Waals surface area contributed by atoms with Gasteiger partial charge in [-0.2, -0.15) is 0 Å². The van der Waals surface area contributed by atoms with Gasteiger partial charge < -0.3 is 14.8 Å². The number of halogens is 1. The van der Waals surface area contributed by atoms with Crippen molar-refractivity contribution >= 4 is 9.84 Å². The van der Waals surface area contributed by atoms with Crippen LogP contribution in [0.1, 0.15) is 11.7 Å². The Kier molecular flexibility index (Phi) is 3.76. The van der Waals surface area contributed by atoms with E-state index in [-0.39, 0.29) is 24.2 Å². The Labute approximate surface area is 117 Å². The van der Waals surface area contributed by atoms with Crippen LogP contribution in [0.15, 0.2) is 23.1 Å². The largest absolute Gasteiger partial charge is 0.379 e. The van der Waals surface area contributed by atoms with E-state index in [0.29, 0.717) is 18.7 Å². The summed E-state index contributed by atoms with van der Waals surface area (Å²) in [6.07, 6.45) is -0.234. The predicted molar refractivity (Wildman–Crippen MR) is 69.8 cm³/mol. The highest BCUT2D eigenvalue weighted by molar-refractivity contribution is 7.92. The molecule has 5 nitrogen and oxygen atoms in total. The van der Waals surface area contributed by atoms with E-state index in [9.17, 15) is 12.8 Å². The molecule has 1 N–H and O–H groups in total. The number of hydrogen-bond donors (Lipinski definition) is 1. The van der Waals surface area contributed by atoms with Gasteiger partial charge in [-0.1, -0.05) is 6.07 Å². The molecule has 1 unspecified atom stereocenters. The van der Waals surface area contributed by atoms with Crippen molar-refractivity contribution in [1.82, 2.24) is 5.32 Å². The molecule has 0 spiro atoms. The van der Waals surface area contributed by atoms with E-state index >= 15 is 0 Å². The minimum Gasteiger partial charge on any atom is -0.379 e. The molecule has 0 aliphatic carbocycles. The Morgan fingerprint density at radius 1 is 1.30 bits per heavy atom. The van der Waals surface area contributed by atoms with Crippen LogP contribution in [-0.2, 0) is 19.3 Å². The molecule has 1 atom stereocenters. The highest BCUT2D eigenvalue weighted by Crippen LogP contribution is 2.27. The highest BCUT2D eigenvalue weighted by Gasteiger charge is 2.36. The van der Waals surface area contributed by atoms with Gasteiger partial charge >= 0.3 is 0 Å². The summed E-state index contributed by atoms with van der Waals surface area (Å²) < 4.78 is 48.8. The lowest BCUT2D eigenvalue weighted by atomic mass is 10.1. The first-order valence-corrected chi connectivity index (χ1v) is 8.07. The molecule has 1 aromatic rings. The number of hydrogen-bond acceptors (Lipinski definition) is 5. The molecule has 2 saturated heterocycles. The first-order chi connectivity index (χ1) is 9.59. The van der Waals surface area contributed by atoms with E-state index in [0.717, 1.165) is 6.54 Å². The van der Waals surface area contributed by atoms with Gasteiger partial charge in [0.1, 0.15) is 16.0 Å². The van der Waals surface area contributed by atoms with Crippen molar-refractivity contribution in [3.63, 3.8) is 0 Å². The second kappa shape index (κ2) is 5.40. The molecule has 2 fully saturated rings. The van der Waals surface area contributed by atoms with Crippen molar-refractivity contribution in [3.8, 4) is 0 Å². The standard InChI is InChI=1S/C13H16FNO4S/c14-11-5-9(12-6-15-3-4-19-12)1-2-13(11)20(16,17)10-7-18-8-10/h1-2,5,10,12,15H,3-4,6-8H2. The van der Waals surface area contributed by atoms with Gasteiger partial charge in [-0.25, -0.2) is 12.8 Å². The summed E-state index contributed by atoms with van der Waals surface area (Å²) in [5.74, 6) is -0.719. The fourth-order valence-corrected chi connectivity index (χ4v) is 3.80. The molecule has 1 aromatic carbocycles. The summed E-state index contributed by atoms with van der Waals surface area (Å²) in [4.78, 5) is -0.252. The molecule has 2 heterocycles. The van der Waals surface area contributed by atoms with E-state index in [1.54, 1.807) is 6.07 Å². The van der Waals surface area contributed by atoms with E-state index in [2.05, 4.69) is 5.32 Å². The predicted octanol–water partition coefficient (Wildman–Crippen LogP) is 0.659. The molecule has 7 heteroatoms. The number of sulfone groups is 1. The summed E-state index contributed by atoms with van der Waals surface area (Å²) in [7, 11) is -3.64. The maximum atomic E-state index is 14.1. The van der Waals surface area contributed by atoms with Crippen LogP contribution in [0.3, 0.4) is 0 Å². The van der Waals surface area contributed by atoms with E-state index in [1.807, 2.05) is 0 Å². The van der Waals surface area contributed by atoms with Crippen molar-refractivity contribution < 1.29 is 22.3 Å². The quantitative estimate of drug-likeness (QED) is 0.888. The number of ether oxygens (including phenoxy) is 2. The van der Waals surface area contributed by atoms with Crippen LogP contribution in [0.2, 0.25) is 0 Å². The molecule has 0 bridgehead atoms. The number of benzene rings is 1. The summed E-state index contributed by atoms with van der Waals surface area (Å²) in [6.45, 7) is 2.21. The Bertz CT molecular complexity index is 594. The summed E-state index contributed by atoms with van der Waals surface area (Å²) >= 11 is 0. The molecule has 2 aliphatic rings. The molecular formula is C13H16FNO4S. The number of nitrogens with one attached hydrogen (secondary N) is 1. The third-order valence-corrected chi connectivity index (χ3v) is 5.70. The second-order valence-electron chi connectivity index (χ2n) is 4.96. The van der Waals surface area contributed by atoms with Gasteiger partial charge in [0, 0.05) is 13.1 Å². The average molecular weight is 301 g/mol. The van der Waals surface area contributed by atoms with Crippen molar-refractivity contribution in [2.45, 2.75) is 16.2 Å². The zero-order chi connectivity index (χ0) is 14.2. The smallest absolute Gasteiger partial charge is 0.188 e. The molecule has 0 saturated carbocycles. The maximum Gasteiger partial charge on any atom is 0.188 e. The second-order valence-corrected chi connectivity index (χ2v) is 7.15. The topological polar surface area (TPSA) is 64.6 Å². The van der Waals surface area contributed by atoms with Crippen molar-refractivity contribution in [2.24, 2.45) is 0 Å². The lowest BCUT2D eigenvalue weighted by Crippen LogP contribution is -2.41. The molecule has 110 valence electrons. The monoisotopic (exact) mass is 301 g/mol. The Balaban J connectivity index is 1.87. The summed E-state index contributed by atoms with van der Waals surface area (Å²) in [5.41, 5.74) is 0.651. The van der Waals surface area contributed by atoms with Gasteiger partial charge in [0.05, 0.1) is 25.9 Å². The zero-order valence-corrected chi connectivity index (χ0v) is 11.7. The lowest BCUT2D eigenvalue weighted by molar-refractivity contribution is 0.0274. The molecule has 2 aliphatic heterocycles. The fraction of sp³-hybridized carbons (Fsp3) is 0.538. The van der Waals surface area contributed by atoms with Crippen LogP contribution in [0, 0.1) is 5.82 Å². The van der Waals surface area contributed by atoms with Gasteiger partial charge in [0.25, 0.3) is 0 Å². The minimum atomic E-state index is -3.64. The molecule has 0 amide bonds. The SMILES string of the molecule is O=S(=O)(c1ccc(C2CNCCO2)cc1F)C1COC1. The van der Waals surface area contributed by atoms with Crippen LogP contribution in [-0.4, -0.2) is 46.6 Å². The van der Waals surface area contributed by atoms with Crippen LogP contribution < -0.4 is 5.32 Å². The molecule has 0 radical (unpaired) electrons. The van der Waals surface area contributed by atoms with Gasteiger partial charge in [-0.15, -0.1) is 0 Å². The van der Waals surface area contributed by atoms with Gasteiger partial charge in [-0.3, -0.25) is 0 Å². The van der Waals surface area contributed by atoms with E-state index in [1.165, 1.54) is 12.1 Å². The first kappa shape index (κ1) is 13.9. The van der Waals surface area contributed by atoms with Crippen LogP contribution in [0.4, 0.5) is 4.39 Å². The van der Waals surface area contributed by atoms with Gasteiger partial charge in [0.15, 0.2) is 9.84 Å². The first-order valence-electron chi connectivity index (χ1n) is 6.52. The Hall–Kier alpha value is -1.02. The van der Waals surface area contributed by atoms with Gasteiger partial charge in [-0.05, 0) is 17.7 Å². The van der Waals surface area contributed by atoms with Crippen molar-refractivity contribution in [1.29, 1.82) is 0 Å². The average Bonchev–Trinajstić information content (AvgIpc) is 2.36. The molecule has 3 rings (SSSR count). The van der Waals surface area contributed by atoms with Crippen molar-refractivity contribution in [2.75, 3.05) is 32.9 Å². The maximum absolute atomic E-state index is 14.1. The van der Waals surface area contributed by atoms with Gasteiger partial charge in [0.2, 0.25) is 0 Å². The van der Waals surface area contributed by atoms with Crippen LogP contribution in [0.5, 0.6) is 0 Å². The van der Waals surface area contributed by atoms with Crippen LogP contribution >= 0.6 is 0 Å². The third kappa shape index (κ3) is 2.46. The molecular weight excluding hydrogens is 285 g/mol. The van der Waals surface area contributed by atoms with E-state index in [4.69, 9.17) is 9.47 Å².